The van der Waals surface area contributed by atoms with Crippen molar-refractivity contribution in [3.8, 4) is 0 Å². The number of hydrogen-bond donors (Lipinski definition) is 1. The van der Waals surface area contributed by atoms with Crippen molar-refractivity contribution in [2.45, 2.75) is 59.1 Å². The van der Waals surface area contributed by atoms with Gasteiger partial charge in [-0.05, 0) is 65.5 Å². The Morgan fingerprint density at radius 2 is 1.90 bits per heavy atom. The zero-order valence-corrected chi connectivity index (χ0v) is 20.1. The van der Waals surface area contributed by atoms with Gasteiger partial charge in [-0.25, -0.2) is 4.79 Å². The molecule has 0 radical (unpaired) electrons. The number of nitrogens with one attached hydrogen (secondary N) is 1. The molecule has 0 saturated carbocycles. The molecule has 3 rings (SSSR count). The Morgan fingerprint density at radius 1 is 1.23 bits per heavy atom. The first-order valence-corrected chi connectivity index (χ1v) is 11.4. The van der Waals surface area contributed by atoms with Crippen molar-refractivity contribution in [3.05, 3.63) is 34.4 Å². The number of ether oxygens (including phenoxy) is 1. The van der Waals surface area contributed by atoms with E-state index in [9.17, 15) is 9.59 Å². The van der Waals surface area contributed by atoms with E-state index in [1.165, 1.54) is 0 Å². The minimum Gasteiger partial charge on any atom is -0.444 e. The SMILES string of the molecule is CC(C)n1cc(C(=O)N2CCC(CNC(=O)OC(C)(C)C)CC2)c2ccc(Br)cc21. The summed E-state index contributed by atoms with van der Waals surface area (Å²) < 4.78 is 8.46. The van der Waals surface area contributed by atoms with Crippen LogP contribution in [0.3, 0.4) is 0 Å². The van der Waals surface area contributed by atoms with E-state index in [0.29, 0.717) is 25.6 Å². The predicted octanol–water partition coefficient (Wildman–Crippen LogP) is 5.36. The van der Waals surface area contributed by atoms with Crippen molar-refractivity contribution >= 4 is 38.8 Å². The summed E-state index contributed by atoms with van der Waals surface area (Å²) in [4.78, 5) is 27.1. The van der Waals surface area contributed by atoms with Gasteiger partial charge in [-0.2, -0.15) is 0 Å². The van der Waals surface area contributed by atoms with Crippen molar-refractivity contribution in [1.82, 2.24) is 14.8 Å². The fourth-order valence-electron chi connectivity index (χ4n) is 3.87. The molecular weight excluding hydrogens is 446 g/mol. The molecule has 0 atom stereocenters. The monoisotopic (exact) mass is 477 g/mol. The van der Waals surface area contributed by atoms with Crippen LogP contribution in [0.1, 0.15) is 63.9 Å². The number of carbonyl (C=O) groups excluding carboxylic acids is 2. The molecule has 0 bridgehead atoms. The molecule has 0 spiro atoms. The van der Waals surface area contributed by atoms with E-state index in [1.807, 2.05) is 44.0 Å². The molecule has 6 nitrogen and oxygen atoms in total. The third kappa shape index (κ3) is 5.36. The number of benzene rings is 1. The molecule has 164 valence electrons. The molecule has 1 N–H and O–H groups in total. The van der Waals surface area contributed by atoms with Gasteiger partial charge in [0.05, 0.1) is 11.1 Å². The molecular formula is C23H32BrN3O3. The third-order valence-corrected chi connectivity index (χ3v) is 5.91. The van der Waals surface area contributed by atoms with E-state index in [4.69, 9.17) is 4.74 Å². The highest BCUT2D eigenvalue weighted by Gasteiger charge is 2.27. The van der Waals surface area contributed by atoms with Crippen LogP contribution in [0.5, 0.6) is 0 Å². The van der Waals surface area contributed by atoms with Gasteiger partial charge in [0.1, 0.15) is 5.60 Å². The molecule has 1 aliphatic heterocycles. The van der Waals surface area contributed by atoms with Crippen LogP contribution >= 0.6 is 15.9 Å². The zero-order valence-electron chi connectivity index (χ0n) is 18.5. The Bertz CT molecular complexity index is 922. The number of aromatic nitrogens is 1. The minimum atomic E-state index is -0.495. The van der Waals surface area contributed by atoms with Crippen LogP contribution < -0.4 is 5.32 Å². The normalized spacial score (nSPS) is 15.6. The molecule has 1 aliphatic rings. The number of hydrogen-bond acceptors (Lipinski definition) is 3. The maximum absolute atomic E-state index is 13.3. The molecule has 30 heavy (non-hydrogen) atoms. The number of piperidine rings is 1. The number of halogens is 1. The van der Waals surface area contributed by atoms with E-state index in [0.717, 1.165) is 33.8 Å². The van der Waals surface area contributed by atoms with Crippen LogP contribution in [-0.4, -0.2) is 46.7 Å². The molecule has 0 unspecified atom stereocenters. The Balaban J connectivity index is 1.63. The van der Waals surface area contributed by atoms with Gasteiger partial charge in [-0.1, -0.05) is 22.0 Å². The Hall–Kier alpha value is -2.02. The topological polar surface area (TPSA) is 63.6 Å². The van der Waals surface area contributed by atoms with E-state index in [2.05, 4.69) is 45.7 Å². The van der Waals surface area contributed by atoms with Crippen LogP contribution in [0.15, 0.2) is 28.9 Å². The Labute approximate surface area is 187 Å². The predicted molar refractivity (Wildman–Crippen MR) is 123 cm³/mol. The molecule has 1 aromatic heterocycles. The first kappa shape index (κ1) is 22.7. The van der Waals surface area contributed by atoms with E-state index < -0.39 is 5.60 Å². The first-order valence-electron chi connectivity index (χ1n) is 10.6. The van der Waals surface area contributed by atoms with Gasteiger partial charge >= 0.3 is 6.09 Å². The fourth-order valence-corrected chi connectivity index (χ4v) is 4.22. The highest BCUT2D eigenvalue weighted by atomic mass is 79.9. The number of likely N-dealkylation sites (tertiary alicyclic amines) is 1. The lowest BCUT2D eigenvalue weighted by Crippen LogP contribution is -2.42. The number of alkyl carbamates (subject to hydrolysis) is 1. The van der Waals surface area contributed by atoms with Crippen molar-refractivity contribution in [1.29, 1.82) is 0 Å². The van der Waals surface area contributed by atoms with Gasteiger partial charge in [0.2, 0.25) is 0 Å². The number of nitrogens with zero attached hydrogens (tertiary/aromatic N) is 2. The van der Waals surface area contributed by atoms with Crippen molar-refractivity contribution < 1.29 is 14.3 Å². The molecule has 2 heterocycles. The fraction of sp³-hybridized carbons (Fsp3) is 0.565. The average Bonchev–Trinajstić information content (AvgIpc) is 3.03. The second kappa shape index (κ2) is 9.00. The number of fused-ring (bicyclic) bond motifs is 1. The summed E-state index contributed by atoms with van der Waals surface area (Å²) in [5.41, 5.74) is 1.33. The zero-order chi connectivity index (χ0) is 22.1. The number of carbonyl (C=O) groups is 2. The molecule has 2 amide bonds. The van der Waals surface area contributed by atoms with Crippen LogP contribution in [0.25, 0.3) is 10.9 Å². The largest absolute Gasteiger partial charge is 0.444 e. The van der Waals surface area contributed by atoms with Gasteiger partial charge in [0.25, 0.3) is 5.91 Å². The lowest BCUT2D eigenvalue weighted by Gasteiger charge is -2.32. The molecule has 7 heteroatoms. The summed E-state index contributed by atoms with van der Waals surface area (Å²) in [6.45, 7) is 11.8. The highest BCUT2D eigenvalue weighted by molar-refractivity contribution is 9.10. The molecule has 1 saturated heterocycles. The lowest BCUT2D eigenvalue weighted by atomic mass is 9.96. The number of rotatable bonds is 4. The van der Waals surface area contributed by atoms with E-state index in [1.54, 1.807) is 0 Å². The summed E-state index contributed by atoms with van der Waals surface area (Å²) in [6.07, 6.45) is 3.35. The second-order valence-electron chi connectivity index (χ2n) is 9.32. The van der Waals surface area contributed by atoms with Crippen molar-refractivity contribution in [2.75, 3.05) is 19.6 Å². The Kier molecular flexibility index (Phi) is 6.80. The van der Waals surface area contributed by atoms with Gasteiger partial charge in [-0.3, -0.25) is 4.79 Å². The standard InChI is InChI=1S/C23H32BrN3O3/c1-15(2)27-14-19(18-7-6-17(24)12-20(18)27)21(28)26-10-8-16(9-11-26)13-25-22(29)30-23(3,4)5/h6-7,12,14-16H,8-11,13H2,1-5H3,(H,25,29). The summed E-state index contributed by atoms with van der Waals surface area (Å²) in [5.74, 6) is 0.440. The molecule has 1 fully saturated rings. The van der Waals surface area contributed by atoms with Crippen LogP contribution in [-0.2, 0) is 4.74 Å². The van der Waals surface area contributed by atoms with Crippen molar-refractivity contribution in [2.24, 2.45) is 5.92 Å². The first-order chi connectivity index (χ1) is 14.0. The maximum Gasteiger partial charge on any atom is 0.407 e. The maximum atomic E-state index is 13.3. The summed E-state index contributed by atoms with van der Waals surface area (Å²) in [6, 6.07) is 6.34. The Morgan fingerprint density at radius 3 is 2.50 bits per heavy atom. The van der Waals surface area contributed by atoms with Crippen LogP contribution in [0, 0.1) is 5.92 Å². The van der Waals surface area contributed by atoms with Gasteiger partial charge in [0.15, 0.2) is 0 Å². The highest BCUT2D eigenvalue weighted by Crippen LogP contribution is 2.29. The molecule has 0 aliphatic carbocycles. The molecule has 1 aromatic carbocycles. The van der Waals surface area contributed by atoms with E-state index >= 15 is 0 Å². The van der Waals surface area contributed by atoms with Crippen LogP contribution in [0.2, 0.25) is 0 Å². The summed E-state index contributed by atoms with van der Waals surface area (Å²) in [5, 5.41) is 3.85. The second-order valence-corrected chi connectivity index (χ2v) is 10.2. The van der Waals surface area contributed by atoms with Crippen LogP contribution in [0.4, 0.5) is 4.79 Å². The smallest absolute Gasteiger partial charge is 0.407 e. The average molecular weight is 478 g/mol. The lowest BCUT2D eigenvalue weighted by molar-refractivity contribution is 0.0500. The third-order valence-electron chi connectivity index (χ3n) is 5.42. The van der Waals surface area contributed by atoms with Crippen molar-refractivity contribution in [3.63, 3.8) is 0 Å². The van der Waals surface area contributed by atoms with Gasteiger partial charge < -0.3 is 19.5 Å². The summed E-state index contributed by atoms with van der Waals surface area (Å²) in [7, 11) is 0. The quantitative estimate of drug-likeness (QED) is 0.644. The van der Waals surface area contributed by atoms with Gasteiger partial charge in [-0.15, -0.1) is 0 Å². The minimum absolute atomic E-state index is 0.0836. The summed E-state index contributed by atoms with van der Waals surface area (Å²) >= 11 is 3.54. The molecule has 2 aromatic rings. The van der Waals surface area contributed by atoms with E-state index in [-0.39, 0.29) is 18.0 Å². The number of amides is 2. The van der Waals surface area contributed by atoms with Gasteiger partial charge in [0, 0.05) is 41.7 Å².